The van der Waals surface area contributed by atoms with Gasteiger partial charge in [0.15, 0.2) is 0 Å². The maximum atomic E-state index is 9.26. The Morgan fingerprint density at radius 1 is 1.60 bits per heavy atom. The van der Waals surface area contributed by atoms with Gasteiger partial charge in [-0.05, 0) is 0 Å². The van der Waals surface area contributed by atoms with Crippen molar-refractivity contribution in [3.8, 4) is 0 Å². The van der Waals surface area contributed by atoms with Crippen LogP contribution in [0.4, 0.5) is 0 Å². The summed E-state index contributed by atoms with van der Waals surface area (Å²) < 4.78 is 5.49. The topological polar surface area (TPSA) is 57.5 Å². The molecule has 0 aliphatic rings. The quantitative estimate of drug-likeness (QED) is 0.580. The molecule has 0 aliphatic heterocycles. The number of hydrogen-bond acceptors (Lipinski definition) is 1. The summed E-state index contributed by atoms with van der Waals surface area (Å²) in [5.41, 5.74) is 0. The Balaban J connectivity index is 3.47. The second-order valence-electron chi connectivity index (χ2n) is 0.408. The van der Waals surface area contributed by atoms with Crippen molar-refractivity contribution in [2.45, 2.75) is 0 Å². The van der Waals surface area contributed by atoms with Crippen LogP contribution in [0, 0.1) is 43.8 Å². The summed E-state index contributed by atoms with van der Waals surface area (Å²) in [4.78, 5) is 15.1. The molecule has 39 valence electrons. The van der Waals surface area contributed by atoms with E-state index in [1.54, 1.807) is 43.8 Å². The Hall–Kier alpha value is 1.67. The van der Waals surface area contributed by atoms with E-state index in [2.05, 4.69) is 0 Å². The van der Waals surface area contributed by atoms with Gasteiger partial charge in [-0.3, -0.25) is 0 Å². The molecule has 0 aromatic rings. The summed E-state index contributed by atoms with van der Waals surface area (Å²) in [6, 6.07) is 0. The Labute approximate surface area is 58.7 Å². The zero-order chi connectivity index (χ0) is 4.50. The zero-order valence-corrected chi connectivity index (χ0v) is 4.63. The van der Waals surface area contributed by atoms with E-state index in [0.29, 0.717) is 0 Å². The molecular weight excluding hydrogens is 252 g/mol. The van der Waals surface area contributed by atoms with Crippen LogP contribution >= 0.6 is 1.45 Å². The predicted octanol–water partition coefficient (Wildman–Crippen LogP) is -0.372. The molecule has 0 aromatic carbocycles. The summed E-state index contributed by atoms with van der Waals surface area (Å²) in [6.45, 7) is 0. The molecule has 0 spiro atoms. The third kappa shape index (κ3) is 27.4. The van der Waals surface area contributed by atoms with Gasteiger partial charge in [0.2, 0.25) is 0 Å². The number of hydrogen-bond donors (Lipinski definition) is 2. The first kappa shape index (κ1) is 6.67. The van der Waals surface area contributed by atoms with Crippen LogP contribution in [-0.4, -0.2) is 9.79 Å². The minimum atomic E-state index is -3.78. The van der Waals surface area contributed by atoms with Gasteiger partial charge in [0.05, 0.1) is 0 Å². The molecule has 0 heterocycles. The van der Waals surface area contributed by atoms with Gasteiger partial charge < -0.3 is 0 Å². The Morgan fingerprint density at radius 3 is 1.60 bits per heavy atom. The second kappa shape index (κ2) is 2.10. The van der Waals surface area contributed by atoms with Gasteiger partial charge in [-0.25, -0.2) is 0 Å². The van der Waals surface area contributed by atoms with Gasteiger partial charge in [0, 0.05) is 0 Å². The summed E-state index contributed by atoms with van der Waals surface area (Å²) in [7, 11) is 0. The zero-order valence-electron chi connectivity index (χ0n) is 2.02. The minimum absolute atomic E-state index is 1.73. The molecule has 2 N–H and O–H groups in total. The van der Waals surface area contributed by atoms with Crippen molar-refractivity contribution in [1.82, 2.24) is 0 Å². The fourth-order valence-electron chi connectivity index (χ4n) is 0. The van der Waals surface area contributed by atoms with Crippen LogP contribution in [0.5, 0.6) is 0 Å². The maximum absolute atomic E-state index is 9.26. The standard InChI is InChI=1S/HO3P.Yb/c1-4(2)3;/h(H-,1,2,3);/q;-1/p+1. The van der Waals surface area contributed by atoms with E-state index in [-0.39, 0.29) is 0 Å². The normalized spacial score (nSPS) is 12.0. The number of rotatable bonds is 0. The van der Waals surface area contributed by atoms with E-state index in [0.717, 1.165) is 0 Å². The van der Waals surface area contributed by atoms with E-state index >= 15 is 0 Å². The molecule has 0 fully saturated rings. The fraction of sp³-hybridized carbons (Fsp3) is 0. The molecular formula is H2O3PYb. The van der Waals surface area contributed by atoms with Crippen molar-refractivity contribution in [2.75, 3.05) is 0 Å². The van der Waals surface area contributed by atoms with Crippen molar-refractivity contribution in [3.63, 3.8) is 0 Å². The van der Waals surface area contributed by atoms with Crippen molar-refractivity contribution in [1.29, 1.82) is 0 Å². The average molecular weight is 254 g/mol. The Kier molecular flexibility index (Phi) is 2.80. The van der Waals surface area contributed by atoms with Gasteiger partial charge in [-0.15, -0.1) is 0 Å². The van der Waals surface area contributed by atoms with Crippen molar-refractivity contribution in [3.05, 3.63) is 0 Å². The molecule has 0 saturated heterocycles. The summed E-state index contributed by atoms with van der Waals surface area (Å²) in [6.07, 6.45) is 0. The van der Waals surface area contributed by atoms with Crippen molar-refractivity contribution >= 4 is 1.45 Å². The van der Waals surface area contributed by atoms with Crippen LogP contribution in [0.1, 0.15) is 0 Å². The van der Waals surface area contributed by atoms with Crippen LogP contribution in [0.3, 0.4) is 0 Å². The molecule has 0 atom stereocenters. The predicted molar refractivity (Wildman–Crippen MR) is 12.0 cm³/mol. The molecule has 0 unspecified atom stereocenters. The fourth-order valence-corrected chi connectivity index (χ4v) is 0. The molecule has 0 bridgehead atoms. The first-order valence-electron chi connectivity index (χ1n) is 0.702. The van der Waals surface area contributed by atoms with Gasteiger partial charge >= 0.3 is 59.6 Å². The monoisotopic (exact) mass is 255 g/mol. The van der Waals surface area contributed by atoms with Crippen molar-refractivity contribution in [2.24, 2.45) is 0 Å². The van der Waals surface area contributed by atoms with E-state index in [9.17, 15) is 4.57 Å². The third-order valence-corrected chi connectivity index (χ3v) is 0. The van der Waals surface area contributed by atoms with E-state index < -0.39 is 1.45 Å². The van der Waals surface area contributed by atoms with Gasteiger partial charge in [0.1, 0.15) is 0 Å². The second-order valence-corrected chi connectivity index (χ2v) is 4.22. The molecule has 5 heteroatoms. The van der Waals surface area contributed by atoms with Crippen molar-refractivity contribution < 1.29 is 58.2 Å². The Bertz CT molecular complexity index is 53.0. The summed E-state index contributed by atoms with van der Waals surface area (Å²) in [5.74, 6) is 0. The molecule has 0 saturated carbocycles. The molecule has 0 amide bonds. The summed E-state index contributed by atoms with van der Waals surface area (Å²) in [5, 5.41) is 0. The van der Waals surface area contributed by atoms with Crippen LogP contribution in [0.25, 0.3) is 0 Å². The Morgan fingerprint density at radius 2 is 1.60 bits per heavy atom. The summed E-state index contributed by atoms with van der Waals surface area (Å²) >= 11 is 1.73. The van der Waals surface area contributed by atoms with E-state index in [1.165, 1.54) is 0 Å². The first-order chi connectivity index (χ1) is 2.00. The van der Waals surface area contributed by atoms with Gasteiger partial charge in [0.25, 0.3) is 0 Å². The van der Waals surface area contributed by atoms with Gasteiger partial charge in [-0.2, -0.15) is 0 Å². The van der Waals surface area contributed by atoms with Crippen LogP contribution in [0.2, 0.25) is 0 Å². The van der Waals surface area contributed by atoms with Crippen LogP contribution < -0.4 is 0 Å². The molecule has 0 radical (unpaired) electrons. The first-order valence-corrected chi connectivity index (χ1v) is 4.41. The molecule has 0 aromatic heterocycles. The van der Waals surface area contributed by atoms with E-state index in [1.807, 2.05) is 0 Å². The molecule has 5 heavy (non-hydrogen) atoms. The van der Waals surface area contributed by atoms with E-state index in [4.69, 9.17) is 9.79 Å². The van der Waals surface area contributed by atoms with Gasteiger partial charge in [-0.1, -0.05) is 0 Å². The molecule has 0 aliphatic carbocycles. The SMILES string of the molecule is O=[P](O)(O)[Yb]. The van der Waals surface area contributed by atoms with Crippen LogP contribution in [-0.2, 0) is 4.57 Å². The molecule has 3 nitrogen and oxygen atoms in total. The van der Waals surface area contributed by atoms with Crippen LogP contribution in [0.15, 0.2) is 0 Å². The molecule has 0 rings (SSSR count). The average Bonchev–Trinajstić information content (AvgIpc) is 0.722. The third-order valence-electron chi connectivity index (χ3n) is 0.